The van der Waals surface area contributed by atoms with E-state index in [0.717, 1.165) is 17.4 Å². The predicted molar refractivity (Wildman–Crippen MR) is 127 cm³/mol. The number of carbonyl (C=O) groups excluding carboxylic acids is 1. The summed E-state index contributed by atoms with van der Waals surface area (Å²) in [6.07, 6.45) is 3.06. The van der Waals surface area contributed by atoms with Crippen molar-refractivity contribution in [3.8, 4) is 0 Å². The van der Waals surface area contributed by atoms with E-state index in [1.54, 1.807) is 12.1 Å². The van der Waals surface area contributed by atoms with Gasteiger partial charge in [-0.2, -0.15) is 4.31 Å². The van der Waals surface area contributed by atoms with Gasteiger partial charge in [-0.05, 0) is 55.5 Å². The lowest BCUT2D eigenvalue weighted by Crippen LogP contribution is -2.43. The van der Waals surface area contributed by atoms with Gasteiger partial charge in [-0.1, -0.05) is 37.3 Å². The van der Waals surface area contributed by atoms with E-state index in [0.29, 0.717) is 37.4 Å². The van der Waals surface area contributed by atoms with Crippen LogP contribution in [-0.4, -0.2) is 42.8 Å². The summed E-state index contributed by atoms with van der Waals surface area (Å²) < 4.78 is 30.0. The Kier molecular flexibility index (Phi) is 6.67. The fourth-order valence-electron chi connectivity index (χ4n) is 4.42. The smallest absolute Gasteiger partial charge is 0.243 e. The second kappa shape index (κ2) is 9.46. The highest BCUT2D eigenvalue weighted by Crippen LogP contribution is 2.27. The molecule has 0 unspecified atom stereocenters. The highest BCUT2D eigenvalue weighted by atomic mass is 32.2. The van der Waals surface area contributed by atoms with Crippen LogP contribution >= 0.6 is 0 Å². The van der Waals surface area contributed by atoms with Crippen LogP contribution in [0.25, 0.3) is 10.9 Å². The maximum absolute atomic E-state index is 13.2. The van der Waals surface area contributed by atoms with Crippen LogP contribution in [0.15, 0.2) is 65.7 Å². The first-order valence-corrected chi connectivity index (χ1v) is 12.8. The highest BCUT2D eigenvalue weighted by molar-refractivity contribution is 7.89. The minimum atomic E-state index is -3.57. The molecule has 0 radical (unpaired) electrons. The number of nitrogens with zero attached hydrogens (tertiary/aromatic N) is 2. The monoisotopic (exact) mass is 453 g/mol. The molecular formula is C25H31N3O3S. The van der Waals surface area contributed by atoms with Crippen molar-refractivity contribution in [1.29, 1.82) is 0 Å². The van der Waals surface area contributed by atoms with Crippen molar-refractivity contribution in [1.82, 2.24) is 14.2 Å². The molecule has 1 saturated heterocycles. The molecule has 0 bridgehead atoms. The molecule has 1 amide bonds. The van der Waals surface area contributed by atoms with E-state index in [4.69, 9.17) is 0 Å². The van der Waals surface area contributed by atoms with Gasteiger partial charge >= 0.3 is 0 Å². The van der Waals surface area contributed by atoms with E-state index >= 15 is 0 Å². The van der Waals surface area contributed by atoms with Gasteiger partial charge in [-0.15, -0.1) is 0 Å². The van der Waals surface area contributed by atoms with Gasteiger partial charge in [-0.25, -0.2) is 8.42 Å². The van der Waals surface area contributed by atoms with Gasteiger partial charge < -0.3 is 9.88 Å². The molecule has 1 aromatic heterocycles. The molecule has 32 heavy (non-hydrogen) atoms. The third kappa shape index (κ3) is 4.59. The zero-order chi connectivity index (χ0) is 22.7. The number of fused-ring (bicyclic) bond motifs is 1. The average Bonchev–Trinajstić information content (AvgIpc) is 3.25. The van der Waals surface area contributed by atoms with Crippen LogP contribution in [0.1, 0.15) is 38.2 Å². The largest absolute Gasteiger partial charge is 0.355 e. The van der Waals surface area contributed by atoms with E-state index in [9.17, 15) is 13.2 Å². The first kappa shape index (κ1) is 22.6. The zero-order valence-electron chi connectivity index (χ0n) is 18.7. The van der Waals surface area contributed by atoms with Crippen LogP contribution in [0.5, 0.6) is 0 Å². The molecule has 1 aliphatic heterocycles. The van der Waals surface area contributed by atoms with Crippen molar-refractivity contribution in [2.75, 3.05) is 19.6 Å². The first-order chi connectivity index (χ1) is 15.4. The fraction of sp³-hybridized carbons (Fsp3) is 0.400. The summed E-state index contributed by atoms with van der Waals surface area (Å²) in [6.45, 7) is 6.31. The summed E-state index contributed by atoms with van der Waals surface area (Å²) in [6, 6.07) is 17.4. The van der Waals surface area contributed by atoms with Crippen molar-refractivity contribution in [2.45, 2.75) is 44.0 Å². The molecule has 1 atom stereocenters. The summed E-state index contributed by atoms with van der Waals surface area (Å²) in [5.41, 5.74) is 2.23. The number of aryl methyl sites for hydroxylation is 1. The maximum atomic E-state index is 13.2. The molecule has 2 aromatic carbocycles. The van der Waals surface area contributed by atoms with E-state index in [1.807, 2.05) is 36.5 Å². The molecule has 1 fully saturated rings. The number of rotatable bonds is 7. The maximum Gasteiger partial charge on any atom is 0.243 e. The Bertz CT molecular complexity index is 1180. The molecule has 0 saturated carbocycles. The third-order valence-corrected chi connectivity index (χ3v) is 8.39. The van der Waals surface area contributed by atoms with Gasteiger partial charge in [0.1, 0.15) is 0 Å². The van der Waals surface area contributed by atoms with Crippen LogP contribution in [0, 0.1) is 5.92 Å². The second-order valence-electron chi connectivity index (χ2n) is 8.56. The van der Waals surface area contributed by atoms with Gasteiger partial charge in [0.15, 0.2) is 0 Å². The van der Waals surface area contributed by atoms with E-state index in [-0.39, 0.29) is 17.7 Å². The number of aromatic nitrogens is 1. The Balaban J connectivity index is 1.35. The number of hydrogen-bond donors (Lipinski definition) is 1. The highest BCUT2D eigenvalue weighted by Gasteiger charge is 2.32. The number of benzene rings is 2. The molecule has 6 nitrogen and oxygen atoms in total. The van der Waals surface area contributed by atoms with E-state index < -0.39 is 10.0 Å². The lowest BCUT2D eigenvalue weighted by molar-refractivity contribution is -0.126. The lowest BCUT2D eigenvalue weighted by atomic mass is 9.96. The SMILES string of the molecule is CCn1ccc2cc(S(=O)(=O)N3CCC(C(=O)NC[C@H](C)c4ccccc4)CC3)ccc21. The topological polar surface area (TPSA) is 71.4 Å². The first-order valence-electron chi connectivity index (χ1n) is 11.3. The van der Waals surface area contributed by atoms with E-state index in [1.165, 1.54) is 9.87 Å². The Hall–Kier alpha value is -2.64. The quantitative estimate of drug-likeness (QED) is 0.588. The Morgan fingerprint density at radius 2 is 1.81 bits per heavy atom. The minimum Gasteiger partial charge on any atom is -0.355 e. The van der Waals surface area contributed by atoms with Crippen LogP contribution in [0.3, 0.4) is 0 Å². The Morgan fingerprint density at radius 1 is 1.09 bits per heavy atom. The molecule has 3 aromatic rings. The van der Waals surface area contributed by atoms with Crippen molar-refractivity contribution in [2.24, 2.45) is 5.92 Å². The van der Waals surface area contributed by atoms with Crippen molar-refractivity contribution in [3.05, 3.63) is 66.4 Å². The van der Waals surface area contributed by atoms with Crippen LogP contribution in [0.2, 0.25) is 0 Å². The molecule has 0 aliphatic carbocycles. The van der Waals surface area contributed by atoms with E-state index in [2.05, 4.69) is 35.9 Å². The molecular weight excluding hydrogens is 422 g/mol. The summed E-state index contributed by atoms with van der Waals surface area (Å²) in [7, 11) is -3.57. The number of piperidine rings is 1. The molecule has 170 valence electrons. The molecule has 1 N–H and O–H groups in total. The number of hydrogen-bond acceptors (Lipinski definition) is 3. The standard InChI is InChI=1S/C25H31N3O3S/c1-3-27-14-11-22-17-23(9-10-24(22)27)32(30,31)28-15-12-21(13-16-28)25(29)26-18-19(2)20-7-5-4-6-8-20/h4-11,14,17,19,21H,3,12-13,15-16,18H2,1-2H3,(H,26,29)/t19-/m0/s1. The van der Waals surface area contributed by atoms with Crippen LogP contribution in [0.4, 0.5) is 0 Å². The molecule has 0 spiro atoms. The van der Waals surface area contributed by atoms with Crippen molar-refractivity contribution >= 4 is 26.8 Å². The van der Waals surface area contributed by atoms with Gasteiger partial charge in [0.25, 0.3) is 0 Å². The van der Waals surface area contributed by atoms with Crippen molar-refractivity contribution in [3.63, 3.8) is 0 Å². The van der Waals surface area contributed by atoms with Gasteiger partial charge in [0.2, 0.25) is 15.9 Å². The number of sulfonamides is 1. The molecule has 4 rings (SSSR count). The summed E-state index contributed by atoms with van der Waals surface area (Å²) in [5, 5.41) is 3.98. The number of amides is 1. The average molecular weight is 454 g/mol. The Labute approximate surface area is 190 Å². The van der Waals surface area contributed by atoms with Gasteiger partial charge in [-0.3, -0.25) is 4.79 Å². The number of carbonyl (C=O) groups is 1. The normalized spacial score (nSPS) is 16.8. The minimum absolute atomic E-state index is 0.0205. The Morgan fingerprint density at radius 3 is 2.50 bits per heavy atom. The fourth-order valence-corrected chi connectivity index (χ4v) is 5.92. The van der Waals surface area contributed by atoms with Gasteiger partial charge in [0, 0.05) is 49.2 Å². The summed E-state index contributed by atoms with van der Waals surface area (Å²) >= 11 is 0. The third-order valence-electron chi connectivity index (χ3n) is 6.50. The predicted octanol–water partition coefficient (Wildman–Crippen LogP) is 3.98. The lowest BCUT2D eigenvalue weighted by Gasteiger charge is -2.30. The molecule has 1 aliphatic rings. The molecule has 2 heterocycles. The number of nitrogens with one attached hydrogen (secondary N) is 1. The zero-order valence-corrected chi connectivity index (χ0v) is 19.5. The second-order valence-corrected chi connectivity index (χ2v) is 10.5. The van der Waals surface area contributed by atoms with Crippen LogP contribution < -0.4 is 5.32 Å². The van der Waals surface area contributed by atoms with Crippen LogP contribution in [-0.2, 0) is 21.4 Å². The van der Waals surface area contributed by atoms with Gasteiger partial charge in [0.05, 0.1) is 4.90 Å². The molecule has 7 heteroatoms. The van der Waals surface area contributed by atoms with Crippen molar-refractivity contribution < 1.29 is 13.2 Å². The summed E-state index contributed by atoms with van der Waals surface area (Å²) in [5.74, 6) is 0.107. The summed E-state index contributed by atoms with van der Waals surface area (Å²) in [4.78, 5) is 13.0.